The van der Waals surface area contributed by atoms with Gasteiger partial charge in [0.1, 0.15) is 6.04 Å². The molecule has 0 spiro atoms. The summed E-state index contributed by atoms with van der Waals surface area (Å²) >= 11 is 0. The van der Waals surface area contributed by atoms with Crippen LogP contribution in [0.15, 0.2) is 48.5 Å². The molecule has 0 heterocycles. The largest absolute Gasteiger partial charge is 0.368 e. The molecule has 7 nitrogen and oxygen atoms in total. The van der Waals surface area contributed by atoms with Crippen molar-refractivity contribution < 1.29 is 14.5 Å². The summed E-state index contributed by atoms with van der Waals surface area (Å²) in [5.41, 5.74) is 7.72. The number of rotatable bonds is 7. The zero-order chi connectivity index (χ0) is 18.4. The Kier molecular flexibility index (Phi) is 5.84. The minimum Gasteiger partial charge on any atom is -0.368 e. The van der Waals surface area contributed by atoms with E-state index in [2.05, 4.69) is 5.32 Å². The van der Waals surface area contributed by atoms with Crippen LogP contribution in [0.4, 0.5) is 5.69 Å². The number of nitro groups is 1. The van der Waals surface area contributed by atoms with Crippen molar-refractivity contribution >= 4 is 17.5 Å². The molecule has 130 valence electrons. The Morgan fingerprint density at radius 1 is 1.16 bits per heavy atom. The van der Waals surface area contributed by atoms with E-state index in [4.69, 9.17) is 5.73 Å². The molecule has 0 radical (unpaired) electrons. The van der Waals surface area contributed by atoms with Crippen LogP contribution in [0.2, 0.25) is 0 Å². The van der Waals surface area contributed by atoms with E-state index in [1.165, 1.54) is 18.2 Å². The number of primary amides is 1. The van der Waals surface area contributed by atoms with Gasteiger partial charge < -0.3 is 11.1 Å². The predicted molar refractivity (Wildman–Crippen MR) is 92.8 cm³/mol. The van der Waals surface area contributed by atoms with Gasteiger partial charge >= 0.3 is 0 Å². The standard InChI is InChI=1S/C18H19N3O4/c1-12-4-2-5-13(8-12)10-16(18(19)23)20-17(22)11-14-6-3-7-15(9-14)21(24)25/h2-9,16H,10-11H2,1H3,(H2,19,23)(H,20,22)/t16-/m0/s1. The van der Waals surface area contributed by atoms with Crippen LogP contribution in [0, 0.1) is 17.0 Å². The van der Waals surface area contributed by atoms with Gasteiger partial charge in [-0.25, -0.2) is 0 Å². The fourth-order valence-corrected chi connectivity index (χ4v) is 2.51. The van der Waals surface area contributed by atoms with Crippen molar-refractivity contribution in [3.8, 4) is 0 Å². The molecule has 0 bridgehead atoms. The number of non-ortho nitro benzene ring substituents is 1. The minimum absolute atomic E-state index is 0.0702. The van der Waals surface area contributed by atoms with Crippen LogP contribution in [0.25, 0.3) is 0 Å². The molecule has 2 rings (SSSR count). The first kappa shape index (κ1) is 18.1. The van der Waals surface area contributed by atoms with E-state index >= 15 is 0 Å². The van der Waals surface area contributed by atoms with Crippen molar-refractivity contribution in [3.63, 3.8) is 0 Å². The number of amides is 2. The maximum atomic E-state index is 12.2. The summed E-state index contributed by atoms with van der Waals surface area (Å²) in [5, 5.41) is 13.4. The molecule has 2 amide bonds. The molecule has 2 aromatic rings. The quantitative estimate of drug-likeness (QED) is 0.588. The molecule has 0 aliphatic rings. The number of aryl methyl sites for hydroxylation is 1. The third-order valence-electron chi connectivity index (χ3n) is 3.69. The van der Waals surface area contributed by atoms with Crippen LogP contribution in [0.5, 0.6) is 0 Å². The lowest BCUT2D eigenvalue weighted by atomic mass is 10.0. The van der Waals surface area contributed by atoms with Gasteiger partial charge in [0.15, 0.2) is 0 Å². The number of nitrogens with two attached hydrogens (primary N) is 1. The van der Waals surface area contributed by atoms with Crippen LogP contribution in [0.3, 0.4) is 0 Å². The zero-order valence-electron chi connectivity index (χ0n) is 13.8. The van der Waals surface area contributed by atoms with E-state index in [1.54, 1.807) is 6.07 Å². The molecule has 1 atom stereocenters. The molecule has 25 heavy (non-hydrogen) atoms. The van der Waals surface area contributed by atoms with Crippen LogP contribution in [-0.2, 0) is 22.4 Å². The second kappa shape index (κ2) is 8.05. The summed E-state index contributed by atoms with van der Waals surface area (Å²) < 4.78 is 0. The lowest BCUT2D eigenvalue weighted by Crippen LogP contribution is -2.46. The van der Waals surface area contributed by atoms with Gasteiger partial charge in [0.2, 0.25) is 11.8 Å². The Morgan fingerprint density at radius 3 is 2.48 bits per heavy atom. The first-order chi connectivity index (χ1) is 11.8. The Morgan fingerprint density at radius 2 is 1.84 bits per heavy atom. The molecule has 0 fully saturated rings. The lowest BCUT2D eigenvalue weighted by Gasteiger charge is -2.16. The Balaban J connectivity index is 2.04. The van der Waals surface area contributed by atoms with E-state index in [0.29, 0.717) is 5.56 Å². The third kappa shape index (κ3) is 5.42. The Bertz CT molecular complexity index is 804. The van der Waals surface area contributed by atoms with Crippen molar-refractivity contribution in [3.05, 3.63) is 75.3 Å². The molecule has 0 saturated heterocycles. The van der Waals surface area contributed by atoms with Gasteiger partial charge in [-0.15, -0.1) is 0 Å². The monoisotopic (exact) mass is 341 g/mol. The average molecular weight is 341 g/mol. The molecule has 0 aromatic heterocycles. The van der Waals surface area contributed by atoms with Crippen molar-refractivity contribution in [2.75, 3.05) is 0 Å². The van der Waals surface area contributed by atoms with Crippen LogP contribution in [0.1, 0.15) is 16.7 Å². The molecular formula is C18H19N3O4. The molecular weight excluding hydrogens is 322 g/mol. The number of hydrogen-bond donors (Lipinski definition) is 2. The maximum absolute atomic E-state index is 12.2. The summed E-state index contributed by atoms with van der Waals surface area (Å²) in [7, 11) is 0. The second-order valence-corrected chi connectivity index (χ2v) is 5.82. The highest BCUT2D eigenvalue weighted by atomic mass is 16.6. The van der Waals surface area contributed by atoms with Gasteiger partial charge in [-0.3, -0.25) is 19.7 Å². The van der Waals surface area contributed by atoms with Crippen LogP contribution >= 0.6 is 0 Å². The predicted octanol–water partition coefficient (Wildman–Crippen LogP) is 1.66. The number of carbonyl (C=O) groups is 2. The van der Waals surface area contributed by atoms with Crippen molar-refractivity contribution in [1.82, 2.24) is 5.32 Å². The van der Waals surface area contributed by atoms with Gasteiger partial charge in [0.25, 0.3) is 5.69 Å². The second-order valence-electron chi connectivity index (χ2n) is 5.82. The van der Waals surface area contributed by atoms with Crippen molar-refractivity contribution in [2.24, 2.45) is 5.73 Å². The van der Waals surface area contributed by atoms with Crippen molar-refractivity contribution in [1.29, 1.82) is 0 Å². The van der Waals surface area contributed by atoms with Gasteiger partial charge in [-0.2, -0.15) is 0 Å². The van der Waals surface area contributed by atoms with E-state index in [1.807, 2.05) is 31.2 Å². The highest BCUT2D eigenvalue weighted by molar-refractivity contribution is 5.87. The third-order valence-corrected chi connectivity index (χ3v) is 3.69. The van der Waals surface area contributed by atoms with Gasteiger partial charge in [-0.05, 0) is 18.1 Å². The van der Waals surface area contributed by atoms with Gasteiger partial charge in [0, 0.05) is 18.6 Å². The highest BCUT2D eigenvalue weighted by Crippen LogP contribution is 2.13. The zero-order valence-corrected chi connectivity index (χ0v) is 13.8. The average Bonchev–Trinajstić information content (AvgIpc) is 2.54. The lowest BCUT2D eigenvalue weighted by molar-refractivity contribution is -0.384. The molecule has 0 aliphatic carbocycles. The normalized spacial score (nSPS) is 11.6. The van der Waals surface area contributed by atoms with E-state index in [9.17, 15) is 19.7 Å². The van der Waals surface area contributed by atoms with Crippen LogP contribution < -0.4 is 11.1 Å². The molecule has 0 aliphatic heterocycles. The molecule has 0 unspecified atom stereocenters. The highest BCUT2D eigenvalue weighted by Gasteiger charge is 2.19. The maximum Gasteiger partial charge on any atom is 0.269 e. The summed E-state index contributed by atoms with van der Waals surface area (Å²) in [6.07, 6.45) is 0.219. The molecule has 7 heteroatoms. The number of carbonyl (C=O) groups excluding carboxylic acids is 2. The first-order valence-electron chi connectivity index (χ1n) is 7.72. The molecule has 3 N–H and O–H groups in total. The van der Waals surface area contributed by atoms with Gasteiger partial charge in [0.05, 0.1) is 11.3 Å². The summed E-state index contributed by atoms with van der Waals surface area (Å²) in [6.45, 7) is 1.93. The van der Waals surface area contributed by atoms with Crippen LogP contribution in [-0.4, -0.2) is 22.8 Å². The number of benzene rings is 2. The van der Waals surface area contributed by atoms with Gasteiger partial charge in [-0.1, -0.05) is 42.0 Å². The summed E-state index contributed by atoms with van der Waals surface area (Å²) in [5.74, 6) is -1.05. The molecule has 0 saturated carbocycles. The fourth-order valence-electron chi connectivity index (χ4n) is 2.51. The fraction of sp³-hybridized carbons (Fsp3) is 0.222. The Labute approximate surface area is 145 Å². The number of nitro benzene ring substituents is 1. The van der Waals surface area contributed by atoms with Crippen molar-refractivity contribution in [2.45, 2.75) is 25.8 Å². The summed E-state index contributed by atoms with van der Waals surface area (Å²) in [4.78, 5) is 34.1. The topological polar surface area (TPSA) is 115 Å². The SMILES string of the molecule is Cc1cccc(C[C@H](NC(=O)Cc2cccc([N+](=O)[O-])c2)C(N)=O)c1. The number of hydrogen-bond acceptors (Lipinski definition) is 4. The first-order valence-corrected chi connectivity index (χ1v) is 7.72. The van der Waals surface area contributed by atoms with E-state index in [-0.39, 0.29) is 18.5 Å². The van der Waals surface area contributed by atoms with E-state index in [0.717, 1.165) is 11.1 Å². The number of nitrogens with zero attached hydrogens (tertiary/aromatic N) is 1. The Hall–Kier alpha value is -3.22. The molecule has 2 aromatic carbocycles. The van der Waals surface area contributed by atoms with E-state index < -0.39 is 22.8 Å². The summed E-state index contributed by atoms with van der Waals surface area (Å²) in [6, 6.07) is 12.6. The smallest absolute Gasteiger partial charge is 0.269 e. The minimum atomic E-state index is -0.840. The number of nitrogens with one attached hydrogen (secondary N) is 1.